The molecule has 0 saturated carbocycles. The van der Waals surface area contributed by atoms with Gasteiger partial charge in [0.15, 0.2) is 0 Å². The Morgan fingerprint density at radius 3 is 1.58 bits per heavy atom. The van der Waals surface area contributed by atoms with Crippen LogP contribution in [-0.4, -0.2) is 25.0 Å². The van der Waals surface area contributed by atoms with Gasteiger partial charge < -0.3 is 9.68 Å². The van der Waals surface area contributed by atoms with Crippen molar-refractivity contribution >= 4 is 11.9 Å². The Balaban J connectivity index is 2.50. The Labute approximate surface area is 143 Å². The summed E-state index contributed by atoms with van der Waals surface area (Å²) in [5, 5.41) is 0. The van der Waals surface area contributed by atoms with Crippen LogP contribution in [0.15, 0.2) is 24.3 Å². The lowest BCUT2D eigenvalue weighted by molar-refractivity contribution is 0.0203. The lowest BCUT2D eigenvalue weighted by Gasteiger charge is -2.10. The quantitative estimate of drug-likeness (QED) is 0.450. The summed E-state index contributed by atoms with van der Waals surface area (Å²) in [5.41, 5.74) is 5.63. The van der Waals surface area contributed by atoms with Crippen molar-refractivity contribution in [2.24, 2.45) is 0 Å². The van der Waals surface area contributed by atoms with Crippen LogP contribution in [0.3, 0.4) is 0 Å². The maximum Gasteiger partial charge on any atom is 0.357 e. The van der Waals surface area contributed by atoms with Gasteiger partial charge in [-0.3, -0.25) is 0 Å². The zero-order chi connectivity index (χ0) is 17.6. The van der Waals surface area contributed by atoms with Gasteiger partial charge in [0, 0.05) is 13.1 Å². The van der Waals surface area contributed by atoms with Crippen LogP contribution in [0.2, 0.25) is 0 Å². The van der Waals surface area contributed by atoms with Crippen molar-refractivity contribution in [2.45, 2.75) is 52.4 Å². The minimum atomic E-state index is -0.593. The molecule has 1 aromatic rings. The molecule has 1 rings (SSSR count). The molecule has 0 amide bonds. The molecule has 0 saturated heterocycles. The molecular formula is C18H28N2O4. The Hall–Kier alpha value is -1.92. The van der Waals surface area contributed by atoms with E-state index in [0.29, 0.717) is 13.1 Å². The summed E-state index contributed by atoms with van der Waals surface area (Å²) in [6.45, 7) is 5.38. The van der Waals surface area contributed by atoms with Gasteiger partial charge in [0.2, 0.25) is 0 Å². The first-order valence-corrected chi connectivity index (χ1v) is 8.67. The zero-order valence-electron chi connectivity index (χ0n) is 14.6. The number of carbonyl (C=O) groups is 2. The van der Waals surface area contributed by atoms with Crippen LogP contribution in [0.4, 0.5) is 0 Å². The average Bonchev–Trinajstić information content (AvgIpc) is 2.61. The third-order valence-corrected chi connectivity index (χ3v) is 3.46. The van der Waals surface area contributed by atoms with E-state index in [9.17, 15) is 9.59 Å². The van der Waals surface area contributed by atoms with Crippen LogP contribution < -0.4 is 11.0 Å². The van der Waals surface area contributed by atoms with Gasteiger partial charge in [-0.15, -0.1) is 0 Å². The smallest absolute Gasteiger partial charge is 0.357 e. The Morgan fingerprint density at radius 2 is 1.21 bits per heavy atom. The number of benzene rings is 1. The Bertz CT molecular complexity index is 461. The monoisotopic (exact) mass is 336 g/mol. The molecule has 0 radical (unpaired) electrons. The van der Waals surface area contributed by atoms with Crippen LogP contribution in [0, 0.1) is 0 Å². The van der Waals surface area contributed by atoms with Gasteiger partial charge in [0.05, 0.1) is 11.1 Å². The van der Waals surface area contributed by atoms with E-state index in [1.54, 1.807) is 24.3 Å². The molecule has 0 heterocycles. The minimum Gasteiger partial charge on any atom is -0.367 e. The van der Waals surface area contributed by atoms with Crippen LogP contribution in [-0.2, 0) is 9.68 Å². The molecule has 24 heavy (non-hydrogen) atoms. The number of hydrogen-bond acceptors (Lipinski definition) is 6. The second kappa shape index (κ2) is 12.5. The summed E-state index contributed by atoms with van der Waals surface area (Å²) < 4.78 is 0. The highest BCUT2D eigenvalue weighted by Gasteiger charge is 2.19. The molecule has 0 bridgehead atoms. The molecular weight excluding hydrogens is 308 g/mol. The standard InChI is InChI=1S/C18H28N2O4/c1-3-5-9-13-19-23-17(21)15-11-7-8-12-16(15)18(22)24-20-14-10-6-4-2/h7-8,11-12,19-20H,3-6,9-10,13-14H2,1-2H3. The molecule has 2 N–H and O–H groups in total. The molecule has 0 aliphatic heterocycles. The zero-order valence-corrected chi connectivity index (χ0v) is 14.6. The Morgan fingerprint density at radius 1 is 0.792 bits per heavy atom. The summed E-state index contributed by atoms with van der Waals surface area (Å²) in [6.07, 6.45) is 6.17. The first-order chi connectivity index (χ1) is 11.7. The predicted molar refractivity (Wildman–Crippen MR) is 92.3 cm³/mol. The van der Waals surface area contributed by atoms with Crippen LogP contribution >= 0.6 is 0 Å². The topological polar surface area (TPSA) is 76.7 Å². The molecule has 0 spiro atoms. The van der Waals surface area contributed by atoms with Crippen LogP contribution in [0.1, 0.15) is 73.1 Å². The summed E-state index contributed by atoms with van der Waals surface area (Å²) in [7, 11) is 0. The molecule has 6 nitrogen and oxygen atoms in total. The minimum absolute atomic E-state index is 0.181. The van der Waals surface area contributed by atoms with E-state index in [-0.39, 0.29) is 11.1 Å². The molecule has 0 aliphatic rings. The van der Waals surface area contributed by atoms with Crippen molar-refractivity contribution in [2.75, 3.05) is 13.1 Å². The lowest BCUT2D eigenvalue weighted by Crippen LogP contribution is -2.25. The maximum absolute atomic E-state index is 12.1. The number of hydrogen-bond donors (Lipinski definition) is 2. The third kappa shape index (κ3) is 7.57. The van der Waals surface area contributed by atoms with Gasteiger partial charge in [-0.1, -0.05) is 51.7 Å². The highest BCUT2D eigenvalue weighted by Crippen LogP contribution is 2.11. The predicted octanol–water partition coefficient (Wildman–Crippen LogP) is 3.39. The fourth-order valence-electron chi connectivity index (χ4n) is 2.08. The van der Waals surface area contributed by atoms with E-state index in [2.05, 4.69) is 24.8 Å². The molecule has 0 aromatic heterocycles. The van der Waals surface area contributed by atoms with Crippen molar-refractivity contribution in [1.82, 2.24) is 11.0 Å². The Kier molecular flexibility index (Phi) is 10.5. The largest absolute Gasteiger partial charge is 0.367 e. The van der Waals surface area contributed by atoms with Gasteiger partial charge in [-0.25, -0.2) is 9.59 Å². The molecule has 1 aromatic carbocycles. The molecule has 0 unspecified atom stereocenters. The SMILES string of the molecule is CCCCCNOC(=O)c1ccccc1C(=O)ONCCCCC. The summed E-state index contributed by atoms with van der Waals surface area (Å²) >= 11 is 0. The number of hydroxylamine groups is 2. The fourth-order valence-corrected chi connectivity index (χ4v) is 2.08. The van der Waals surface area contributed by atoms with Crippen LogP contribution in [0.25, 0.3) is 0 Å². The summed E-state index contributed by atoms with van der Waals surface area (Å²) in [5.74, 6) is -1.19. The second-order valence-corrected chi connectivity index (χ2v) is 5.53. The van der Waals surface area contributed by atoms with Gasteiger partial charge in [0.1, 0.15) is 0 Å². The lowest BCUT2D eigenvalue weighted by atomic mass is 10.1. The van der Waals surface area contributed by atoms with Gasteiger partial charge in [0.25, 0.3) is 0 Å². The van der Waals surface area contributed by atoms with Crippen molar-refractivity contribution < 1.29 is 19.3 Å². The van der Waals surface area contributed by atoms with E-state index in [0.717, 1.165) is 38.5 Å². The van der Waals surface area contributed by atoms with Crippen molar-refractivity contribution in [3.05, 3.63) is 35.4 Å². The first kappa shape index (κ1) is 20.1. The average molecular weight is 336 g/mol. The summed E-state index contributed by atoms with van der Waals surface area (Å²) in [4.78, 5) is 34.2. The fraction of sp³-hybridized carbons (Fsp3) is 0.556. The van der Waals surface area contributed by atoms with E-state index in [4.69, 9.17) is 9.68 Å². The molecule has 134 valence electrons. The van der Waals surface area contributed by atoms with Gasteiger partial charge >= 0.3 is 11.9 Å². The molecule has 0 aliphatic carbocycles. The maximum atomic E-state index is 12.1. The first-order valence-electron chi connectivity index (χ1n) is 8.67. The van der Waals surface area contributed by atoms with Crippen molar-refractivity contribution in [1.29, 1.82) is 0 Å². The van der Waals surface area contributed by atoms with Gasteiger partial charge in [-0.2, -0.15) is 11.0 Å². The summed E-state index contributed by atoms with van der Waals surface area (Å²) in [6, 6.07) is 6.45. The van der Waals surface area contributed by atoms with Crippen molar-refractivity contribution in [3.63, 3.8) is 0 Å². The number of nitrogens with one attached hydrogen (secondary N) is 2. The van der Waals surface area contributed by atoms with Crippen LogP contribution in [0.5, 0.6) is 0 Å². The van der Waals surface area contributed by atoms with Gasteiger partial charge in [-0.05, 0) is 25.0 Å². The number of unbranched alkanes of at least 4 members (excludes halogenated alkanes) is 4. The normalized spacial score (nSPS) is 10.4. The van der Waals surface area contributed by atoms with E-state index in [1.165, 1.54) is 0 Å². The highest BCUT2D eigenvalue weighted by atomic mass is 16.7. The van der Waals surface area contributed by atoms with E-state index in [1.807, 2.05) is 0 Å². The second-order valence-electron chi connectivity index (χ2n) is 5.53. The highest BCUT2D eigenvalue weighted by molar-refractivity contribution is 6.02. The van der Waals surface area contributed by atoms with E-state index >= 15 is 0 Å². The number of carbonyl (C=O) groups excluding carboxylic acids is 2. The third-order valence-electron chi connectivity index (χ3n) is 3.46. The molecule has 6 heteroatoms. The molecule has 0 fully saturated rings. The van der Waals surface area contributed by atoms with E-state index < -0.39 is 11.9 Å². The molecule has 0 atom stereocenters. The van der Waals surface area contributed by atoms with Crippen molar-refractivity contribution in [3.8, 4) is 0 Å². The number of rotatable bonds is 12.